The van der Waals surface area contributed by atoms with Crippen LogP contribution in [0.15, 0.2) is 0 Å². The summed E-state index contributed by atoms with van der Waals surface area (Å²) in [4.78, 5) is 0. The third-order valence-corrected chi connectivity index (χ3v) is 2.53. The smallest absolute Gasteiger partial charge is 0.00722 e. The summed E-state index contributed by atoms with van der Waals surface area (Å²) in [7, 11) is 0. The summed E-state index contributed by atoms with van der Waals surface area (Å²) < 4.78 is 0. The normalized spacial score (nSPS) is 33.0. The third-order valence-electron chi connectivity index (χ3n) is 2.53. The van der Waals surface area contributed by atoms with Crippen LogP contribution >= 0.6 is 0 Å². The van der Waals surface area contributed by atoms with Gasteiger partial charge in [-0.1, -0.05) is 13.8 Å². The summed E-state index contributed by atoms with van der Waals surface area (Å²) in [6, 6.07) is 0.791. The van der Waals surface area contributed by atoms with Crippen LogP contribution < -0.4 is 11.1 Å². The Morgan fingerprint density at radius 3 is 2.64 bits per heavy atom. The Bertz CT molecular complexity index is 108. The molecule has 0 bridgehead atoms. The largest absolute Gasteiger partial charge is 0.330 e. The minimum atomic E-state index is 0.630. The van der Waals surface area contributed by atoms with Crippen LogP contribution in [-0.2, 0) is 0 Å². The van der Waals surface area contributed by atoms with Crippen molar-refractivity contribution in [2.75, 3.05) is 13.1 Å². The van der Waals surface area contributed by atoms with E-state index in [2.05, 4.69) is 19.2 Å². The molecule has 0 aromatic heterocycles. The topological polar surface area (TPSA) is 38.0 Å². The van der Waals surface area contributed by atoms with Crippen LogP contribution in [0.2, 0.25) is 0 Å². The standard InChI is InChI=1S/C9H20N2/c1-7-3-9(4-7)11-6-8(2)5-10/h7-9,11H,3-6,10H2,1-2H3. The lowest BCUT2D eigenvalue weighted by atomic mass is 9.82. The Morgan fingerprint density at radius 2 is 2.18 bits per heavy atom. The first-order chi connectivity index (χ1) is 5.22. The van der Waals surface area contributed by atoms with Gasteiger partial charge in [-0.25, -0.2) is 0 Å². The van der Waals surface area contributed by atoms with E-state index in [9.17, 15) is 0 Å². The Labute approximate surface area is 69.5 Å². The third kappa shape index (κ3) is 2.80. The van der Waals surface area contributed by atoms with E-state index in [0.717, 1.165) is 25.0 Å². The maximum Gasteiger partial charge on any atom is 0.00722 e. The van der Waals surface area contributed by atoms with Crippen LogP contribution in [0.25, 0.3) is 0 Å². The molecule has 1 unspecified atom stereocenters. The number of rotatable bonds is 4. The van der Waals surface area contributed by atoms with Gasteiger partial charge in [-0.3, -0.25) is 0 Å². The molecule has 0 aromatic rings. The predicted molar refractivity (Wildman–Crippen MR) is 48.4 cm³/mol. The minimum absolute atomic E-state index is 0.630. The number of nitrogens with two attached hydrogens (primary N) is 1. The van der Waals surface area contributed by atoms with E-state index < -0.39 is 0 Å². The summed E-state index contributed by atoms with van der Waals surface area (Å²) in [5, 5.41) is 3.52. The van der Waals surface area contributed by atoms with Crippen molar-refractivity contribution in [2.45, 2.75) is 32.7 Å². The molecule has 0 aliphatic heterocycles. The summed E-state index contributed by atoms with van der Waals surface area (Å²) in [5.41, 5.74) is 5.51. The van der Waals surface area contributed by atoms with Crippen LogP contribution in [0.5, 0.6) is 0 Å². The molecular formula is C9H20N2. The zero-order valence-corrected chi connectivity index (χ0v) is 7.64. The van der Waals surface area contributed by atoms with Crippen LogP contribution in [0, 0.1) is 11.8 Å². The maximum atomic E-state index is 5.51. The Hall–Kier alpha value is -0.0800. The molecule has 0 heterocycles. The van der Waals surface area contributed by atoms with E-state index in [0.29, 0.717) is 5.92 Å². The molecule has 0 spiro atoms. The molecule has 0 amide bonds. The fourth-order valence-corrected chi connectivity index (χ4v) is 1.52. The second kappa shape index (κ2) is 4.07. The Morgan fingerprint density at radius 1 is 1.55 bits per heavy atom. The van der Waals surface area contributed by atoms with E-state index >= 15 is 0 Å². The van der Waals surface area contributed by atoms with E-state index in [1.54, 1.807) is 0 Å². The lowest BCUT2D eigenvalue weighted by molar-refractivity contribution is 0.234. The average molecular weight is 156 g/mol. The lowest BCUT2D eigenvalue weighted by Crippen LogP contribution is -2.42. The number of hydrogen-bond donors (Lipinski definition) is 2. The average Bonchev–Trinajstić information content (AvgIpc) is 1.95. The van der Waals surface area contributed by atoms with Gasteiger partial charge >= 0.3 is 0 Å². The van der Waals surface area contributed by atoms with Crippen molar-refractivity contribution in [3.8, 4) is 0 Å². The second-order valence-electron chi connectivity index (χ2n) is 4.02. The Balaban J connectivity index is 1.96. The van der Waals surface area contributed by atoms with Crippen molar-refractivity contribution in [1.29, 1.82) is 0 Å². The first kappa shape index (κ1) is 9.01. The molecular weight excluding hydrogens is 136 g/mol. The van der Waals surface area contributed by atoms with Crippen LogP contribution in [0.1, 0.15) is 26.7 Å². The summed E-state index contributed by atoms with van der Waals surface area (Å²) in [6.07, 6.45) is 2.72. The van der Waals surface area contributed by atoms with Crippen molar-refractivity contribution in [2.24, 2.45) is 17.6 Å². The summed E-state index contributed by atoms with van der Waals surface area (Å²) in [6.45, 7) is 6.39. The zero-order chi connectivity index (χ0) is 8.27. The molecule has 1 aliphatic rings. The molecule has 66 valence electrons. The molecule has 11 heavy (non-hydrogen) atoms. The van der Waals surface area contributed by atoms with Gasteiger partial charge < -0.3 is 11.1 Å². The molecule has 0 saturated heterocycles. The van der Waals surface area contributed by atoms with Gasteiger partial charge in [0.25, 0.3) is 0 Å². The molecule has 1 saturated carbocycles. The molecule has 1 atom stereocenters. The highest BCUT2D eigenvalue weighted by atomic mass is 14.9. The lowest BCUT2D eigenvalue weighted by Gasteiger charge is -2.34. The van der Waals surface area contributed by atoms with Crippen molar-refractivity contribution < 1.29 is 0 Å². The molecule has 3 N–H and O–H groups in total. The van der Waals surface area contributed by atoms with Crippen molar-refractivity contribution in [1.82, 2.24) is 5.32 Å². The molecule has 0 radical (unpaired) electrons. The van der Waals surface area contributed by atoms with Gasteiger partial charge in [-0.2, -0.15) is 0 Å². The SMILES string of the molecule is CC(CN)CNC1CC(C)C1. The summed E-state index contributed by atoms with van der Waals surface area (Å²) >= 11 is 0. The van der Waals surface area contributed by atoms with Gasteiger partial charge in [-0.05, 0) is 37.8 Å². The van der Waals surface area contributed by atoms with Crippen molar-refractivity contribution >= 4 is 0 Å². The highest BCUT2D eigenvalue weighted by molar-refractivity contribution is 4.82. The van der Waals surface area contributed by atoms with Gasteiger partial charge in [0.05, 0.1) is 0 Å². The molecule has 1 rings (SSSR count). The quantitative estimate of drug-likeness (QED) is 0.636. The summed E-state index contributed by atoms with van der Waals surface area (Å²) in [5.74, 6) is 1.58. The van der Waals surface area contributed by atoms with Crippen LogP contribution in [0.3, 0.4) is 0 Å². The monoisotopic (exact) mass is 156 g/mol. The highest BCUT2D eigenvalue weighted by Crippen LogP contribution is 2.26. The van der Waals surface area contributed by atoms with Gasteiger partial charge in [-0.15, -0.1) is 0 Å². The zero-order valence-electron chi connectivity index (χ0n) is 7.64. The van der Waals surface area contributed by atoms with E-state index in [4.69, 9.17) is 5.73 Å². The number of hydrogen-bond acceptors (Lipinski definition) is 2. The predicted octanol–water partition coefficient (Wildman–Crippen LogP) is 0.969. The van der Waals surface area contributed by atoms with E-state index in [-0.39, 0.29) is 0 Å². The van der Waals surface area contributed by atoms with Gasteiger partial charge in [0.15, 0.2) is 0 Å². The first-order valence-corrected chi connectivity index (χ1v) is 4.65. The van der Waals surface area contributed by atoms with E-state index in [1.165, 1.54) is 12.8 Å². The Kier molecular flexibility index (Phi) is 3.34. The fourth-order valence-electron chi connectivity index (χ4n) is 1.52. The van der Waals surface area contributed by atoms with Crippen molar-refractivity contribution in [3.05, 3.63) is 0 Å². The molecule has 2 heteroatoms. The molecule has 1 fully saturated rings. The number of nitrogens with one attached hydrogen (secondary N) is 1. The second-order valence-corrected chi connectivity index (χ2v) is 4.02. The molecule has 1 aliphatic carbocycles. The van der Waals surface area contributed by atoms with Gasteiger partial charge in [0, 0.05) is 6.04 Å². The maximum absolute atomic E-state index is 5.51. The first-order valence-electron chi connectivity index (χ1n) is 4.65. The van der Waals surface area contributed by atoms with E-state index in [1.807, 2.05) is 0 Å². The van der Waals surface area contributed by atoms with Crippen LogP contribution in [-0.4, -0.2) is 19.1 Å². The molecule has 2 nitrogen and oxygen atoms in total. The van der Waals surface area contributed by atoms with Crippen LogP contribution in [0.4, 0.5) is 0 Å². The van der Waals surface area contributed by atoms with Crippen molar-refractivity contribution in [3.63, 3.8) is 0 Å². The fraction of sp³-hybridized carbons (Fsp3) is 1.00. The highest BCUT2D eigenvalue weighted by Gasteiger charge is 2.24. The van der Waals surface area contributed by atoms with Gasteiger partial charge in [0.1, 0.15) is 0 Å². The van der Waals surface area contributed by atoms with Gasteiger partial charge in [0.2, 0.25) is 0 Å². The molecule has 0 aromatic carbocycles. The minimum Gasteiger partial charge on any atom is -0.330 e.